The first-order valence-electron chi connectivity index (χ1n) is 13.6. The van der Waals surface area contributed by atoms with Crippen LogP contribution in [0.2, 0.25) is 0 Å². The second kappa shape index (κ2) is 8.77. The third-order valence-electron chi connectivity index (χ3n) is 8.85. The maximum atomic E-state index is 13.9. The summed E-state index contributed by atoms with van der Waals surface area (Å²) in [6.07, 6.45) is 10.6. The Bertz CT molecular complexity index is 1160. The molecule has 36 heavy (non-hydrogen) atoms. The molecule has 4 aliphatic carbocycles. The minimum absolute atomic E-state index is 0.0352. The van der Waals surface area contributed by atoms with Crippen molar-refractivity contribution in [2.24, 2.45) is 23.2 Å². The van der Waals surface area contributed by atoms with Gasteiger partial charge in [-0.2, -0.15) is 5.10 Å². The van der Waals surface area contributed by atoms with E-state index in [1.165, 1.54) is 0 Å². The summed E-state index contributed by atoms with van der Waals surface area (Å²) in [5.74, 6) is -2.17. The Hall–Kier alpha value is -2.58. The van der Waals surface area contributed by atoms with Crippen LogP contribution < -0.4 is 10.6 Å². The van der Waals surface area contributed by atoms with Crippen LogP contribution in [0.4, 0.5) is 8.78 Å². The van der Waals surface area contributed by atoms with Crippen LogP contribution in [-0.2, 0) is 9.59 Å². The summed E-state index contributed by atoms with van der Waals surface area (Å²) >= 11 is 0. The second-order valence-electron chi connectivity index (χ2n) is 11.7. The average Bonchev–Trinajstić information content (AvgIpc) is 3.77. The Balaban J connectivity index is 1.25. The molecule has 2 aromatic rings. The molecule has 2 amide bonds. The van der Waals surface area contributed by atoms with E-state index in [1.54, 1.807) is 10.7 Å². The number of alkyl halides is 2. The van der Waals surface area contributed by atoms with E-state index in [1.807, 2.05) is 19.2 Å². The molecule has 3 atom stereocenters. The van der Waals surface area contributed by atoms with Gasteiger partial charge in [-0.3, -0.25) is 9.59 Å². The normalized spacial score (nSPS) is 25.9. The Labute approximate surface area is 209 Å². The summed E-state index contributed by atoms with van der Waals surface area (Å²) < 4.78 is 29.5. The Morgan fingerprint density at radius 2 is 1.81 bits per heavy atom. The molecule has 2 N–H and O–H groups in total. The molecule has 0 radical (unpaired) electrons. The number of halogens is 2. The monoisotopic (exact) mass is 499 g/mol. The third-order valence-corrected chi connectivity index (χ3v) is 8.85. The zero-order valence-corrected chi connectivity index (χ0v) is 20.8. The fourth-order valence-electron chi connectivity index (χ4n) is 6.12. The van der Waals surface area contributed by atoms with Crippen molar-refractivity contribution in [1.82, 2.24) is 25.2 Å². The summed E-state index contributed by atoms with van der Waals surface area (Å²) in [5.41, 5.74) is 2.47. The molecular formula is C27H35F2N5O2. The third kappa shape index (κ3) is 4.73. The van der Waals surface area contributed by atoms with E-state index in [0.717, 1.165) is 44.1 Å². The number of amides is 2. The Morgan fingerprint density at radius 1 is 1.08 bits per heavy atom. The van der Waals surface area contributed by atoms with E-state index in [4.69, 9.17) is 4.98 Å². The number of rotatable bonds is 9. The quantitative estimate of drug-likeness (QED) is 0.515. The number of hydrogen-bond acceptors (Lipinski definition) is 4. The van der Waals surface area contributed by atoms with Crippen molar-refractivity contribution in [2.45, 2.75) is 95.6 Å². The van der Waals surface area contributed by atoms with E-state index < -0.39 is 12.0 Å². The van der Waals surface area contributed by atoms with E-state index in [2.05, 4.69) is 15.7 Å². The summed E-state index contributed by atoms with van der Waals surface area (Å²) in [6, 6.07) is 1.47. The summed E-state index contributed by atoms with van der Waals surface area (Å²) in [7, 11) is 0. The number of nitrogens with zero attached hydrogens (tertiary/aromatic N) is 3. The zero-order valence-electron chi connectivity index (χ0n) is 20.8. The van der Waals surface area contributed by atoms with Crippen molar-refractivity contribution in [3.8, 4) is 0 Å². The van der Waals surface area contributed by atoms with Crippen LogP contribution >= 0.6 is 0 Å². The van der Waals surface area contributed by atoms with Gasteiger partial charge in [-0.1, -0.05) is 6.92 Å². The predicted octanol–water partition coefficient (Wildman–Crippen LogP) is 4.88. The second-order valence-corrected chi connectivity index (χ2v) is 11.7. The minimum atomic E-state index is -2.63. The largest absolute Gasteiger partial charge is 0.349 e. The lowest BCUT2D eigenvalue weighted by Crippen LogP contribution is -2.38. The lowest BCUT2D eigenvalue weighted by atomic mass is 9.81. The molecule has 0 aromatic carbocycles. The van der Waals surface area contributed by atoms with Gasteiger partial charge in [-0.05, 0) is 80.2 Å². The number of hydrogen-bond donors (Lipinski definition) is 2. The van der Waals surface area contributed by atoms with Crippen LogP contribution in [0.25, 0.3) is 5.65 Å². The molecule has 9 heteroatoms. The SMILES string of the molecule is CCCC(=O)N[C@@H](c1cnn2cc([C@@H](NC(=O)C3CC34CC4)C3CCC(F)(F)CC3)nc2c1)C1CC1. The van der Waals surface area contributed by atoms with Gasteiger partial charge in [0.1, 0.15) is 0 Å². The summed E-state index contributed by atoms with van der Waals surface area (Å²) in [5, 5.41) is 10.9. The molecule has 194 valence electrons. The molecule has 0 saturated heterocycles. The van der Waals surface area contributed by atoms with Crippen LogP contribution in [0.15, 0.2) is 18.5 Å². The van der Waals surface area contributed by atoms with Gasteiger partial charge in [-0.25, -0.2) is 18.3 Å². The van der Waals surface area contributed by atoms with Crippen molar-refractivity contribution in [3.05, 3.63) is 29.7 Å². The van der Waals surface area contributed by atoms with E-state index in [9.17, 15) is 18.4 Å². The average molecular weight is 500 g/mol. The number of carbonyl (C=O) groups is 2. The maximum Gasteiger partial charge on any atom is 0.248 e. The molecule has 1 spiro atoms. The summed E-state index contributed by atoms with van der Waals surface area (Å²) in [6.45, 7) is 1.99. The maximum absolute atomic E-state index is 13.9. The van der Waals surface area contributed by atoms with Crippen molar-refractivity contribution in [3.63, 3.8) is 0 Å². The van der Waals surface area contributed by atoms with Crippen molar-refractivity contribution in [1.29, 1.82) is 0 Å². The van der Waals surface area contributed by atoms with Crippen LogP contribution in [-0.4, -0.2) is 32.3 Å². The smallest absolute Gasteiger partial charge is 0.248 e. The summed E-state index contributed by atoms with van der Waals surface area (Å²) in [4.78, 5) is 30.2. The molecule has 7 nitrogen and oxygen atoms in total. The highest BCUT2D eigenvalue weighted by Gasteiger charge is 2.66. The van der Waals surface area contributed by atoms with Gasteiger partial charge in [0, 0.05) is 25.2 Å². The van der Waals surface area contributed by atoms with Crippen LogP contribution in [0, 0.1) is 23.2 Å². The van der Waals surface area contributed by atoms with Gasteiger partial charge in [0.05, 0.1) is 30.2 Å². The molecule has 4 fully saturated rings. The topological polar surface area (TPSA) is 88.4 Å². The molecule has 1 unspecified atom stereocenters. The standard InChI is InChI=1S/C27H35F2N5O2/c1-2-3-22(35)32-23(16-4-5-16)18-12-21-31-20(15-34(21)30-14-18)24(17-6-8-27(28,29)9-7-17)33-25(36)19-13-26(19)10-11-26/h12,14-17,19,23-24H,2-11,13H2,1H3,(H,32,35)(H,33,36)/t19?,23-,24+/m1/s1. The fourth-order valence-corrected chi connectivity index (χ4v) is 6.12. The van der Waals surface area contributed by atoms with Gasteiger partial charge in [0.25, 0.3) is 0 Å². The van der Waals surface area contributed by atoms with E-state index in [0.29, 0.717) is 36.5 Å². The van der Waals surface area contributed by atoms with E-state index in [-0.39, 0.29) is 47.9 Å². The van der Waals surface area contributed by atoms with Crippen LogP contribution in [0.5, 0.6) is 0 Å². The number of aromatic nitrogens is 3. The van der Waals surface area contributed by atoms with Crippen LogP contribution in [0.3, 0.4) is 0 Å². The lowest BCUT2D eigenvalue weighted by Gasteiger charge is -2.33. The van der Waals surface area contributed by atoms with Gasteiger partial charge in [0.2, 0.25) is 17.7 Å². The molecular weight excluding hydrogens is 464 g/mol. The lowest BCUT2D eigenvalue weighted by molar-refractivity contribution is -0.124. The van der Waals surface area contributed by atoms with Crippen molar-refractivity contribution < 1.29 is 18.4 Å². The minimum Gasteiger partial charge on any atom is -0.349 e. The highest BCUT2D eigenvalue weighted by atomic mass is 19.3. The van der Waals surface area contributed by atoms with Crippen LogP contribution in [0.1, 0.15) is 101 Å². The molecule has 0 bridgehead atoms. The molecule has 2 aromatic heterocycles. The van der Waals surface area contributed by atoms with Gasteiger partial charge in [0.15, 0.2) is 5.65 Å². The Morgan fingerprint density at radius 3 is 2.44 bits per heavy atom. The number of carbonyl (C=O) groups excluding carboxylic acids is 2. The molecule has 2 heterocycles. The zero-order chi connectivity index (χ0) is 25.1. The molecule has 6 rings (SSSR count). The first-order valence-corrected chi connectivity index (χ1v) is 13.6. The highest BCUT2D eigenvalue weighted by molar-refractivity contribution is 5.83. The predicted molar refractivity (Wildman–Crippen MR) is 129 cm³/mol. The van der Waals surface area contributed by atoms with Gasteiger partial charge >= 0.3 is 0 Å². The number of nitrogens with one attached hydrogen (secondary N) is 2. The number of imidazole rings is 1. The van der Waals surface area contributed by atoms with E-state index >= 15 is 0 Å². The highest BCUT2D eigenvalue weighted by Crippen LogP contribution is 2.70. The fraction of sp³-hybridized carbons (Fsp3) is 0.704. The first kappa shape index (κ1) is 23.8. The van der Waals surface area contributed by atoms with Gasteiger partial charge < -0.3 is 10.6 Å². The molecule has 4 saturated carbocycles. The first-order chi connectivity index (χ1) is 17.3. The number of fused-ring (bicyclic) bond motifs is 1. The van der Waals surface area contributed by atoms with Crippen molar-refractivity contribution >= 4 is 17.5 Å². The molecule has 4 aliphatic rings. The molecule has 0 aliphatic heterocycles. The van der Waals surface area contributed by atoms with Crippen molar-refractivity contribution in [2.75, 3.05) is 0 Å². The Kier molecular flexibility index (Phi) is 5.80. The van der Waals surface area contributed by atoms with Gasteiger partial charge in [-0.15, -0.1) is 0 Å².